The van der Waals surface area contributed by atoms with Crippen LogP contribution >= 0.6 is 0 Å². The third kappa shape index (κ3) is 6.51. The minimum Gasteiger partial charge on any atom is -0.547 e. The Kier molecular flexibility index (Phi) is 7.97. The number of aliphatic hydroxyl groups is 1. The molecule has 5 heteroatoms. The van der Waals surface area contributed by atoms with Crippen molar-refractivity contribution in [2.45, 2.75) is 6.10 Å². The summed E-state index contributed by atoms with van der Waals surface area (Å²) < 4.78 is 0. The van der Waals surface area contributed by atoms with Crippen LogP contribution in [0.2, 0.25) is 0 Å². The van der Waals surface area contributed by atoms with Gasteiger partial charge in [-0.15, -0.1) is 0 Å². The van der Waals surface area contributed by atoms with Crippen LogP contribution in [-0.2, 0) is 4.79 Å². The summed E-state index contributed by atoms with van der Waals surface area (Å²) in [6, 6.07) is 0. The van der Waals surface area contributed by atoms with Gasteiger partial charge in [0, 0.05) is 6.54 Å². The van der Waals surface area contributed by atoms with Crippen LogP contribution in [0.15, 0.2) is 0 Å². The number of hydrogen-bond acceptors (Lipinski definition) is 4. The van der Waals surface area contributed by atoms with Gasteiger partial charge in [0.15, 0.2) is 0 Å². The zero-order valence-electron chi connectivity index (χ0n) is 6.50. The molecule has 10 heavy (non-hydrogen) atoms. The van der Waals surface area contributed by atoms with Crippen molar-refractivity contribution in [2.24, 2.45) is 0 Å². The van der Waals surface area contributed by atoms with Gasteiger partial charge in [0.2, 0.25) is 0 Å². The van der Waals surface area contributed by atoms with E-state index in [0.29, 0.717) is 0 Å². The van der Waals surface area contributed by atoms with Crippen LogP contribution < -0.4 is 34.7 Å². The molecule has 0 rings (SSSR count). The fourth-order valence-electron chi connectivity index (χ4n) is 0.420. The summed E-state index contributed by atoms with van der Waals surface area (Å²) in [7, 11) is 3.35. The average Bonchev–Trinajstić information content (AvgIpc) is 1.63. The molecule has 1 unspecified atom stereocenters. The molecule has 1 atom stereocenters. The molecule has 4 nitrogen and oxygen atoms in total. The van der Waals surface area contributed by atoms with E-state index in [9.17, 15) is 9.90 Å². The smallest absolute Gasteiger partial charge is 0.547 e. The van der Waals surface area contributed by atoms with E-state index < -0.39 is 12.1 Å². The summed E-state index contributed by atoms with van der Waals surface area (Å²) in [5, 5.41) is 18.4. The first-order chi connectivity index (χ1) is 4.04. The number of carboxylic acids is 1. The molecule has 0 fully saturated rings. The molecule has 0 radical (unpaired) electrons. The van der Waals surface area contributed by atoms with Gasteiger partial charge in [-0.2, -0.15) is 0 Å². The maximum atomic E-state index is 9.85. The largest absolute Gasteiger partial charge is 1.00 e. The van der Waals surface area contributed by atoms with E-state index in [4.69, 9.17) is 5.11 Å². The molecule has 0 aliphatic heterocycles. The van der Waals surface area contributed by atoms with Gasteiger partial charge < -0.3 is 19.9 Å². The van der Waals surface area contributed by atoms with Crippen molar-refractivity contribution < 1.29 is 44.6 Å². The van der Waals surface area contributed by atoms with Gasteiger partial charge in [-0.25, -0.2) is 0 Å². The Morgan fingerprint density at radius 3 is 2.20 bits per heavy atom. The molecule has 54 valence electrons. The fraction of sp³-hybridized carbons (Fsp3) is 0.800. The molecule has 0 saturated carbocycles. The normalized spacial score (nSPS) is 12.4. The molecule has 0 spiro atoms. The van der Waals surface area contributed by atoms with Crippen molar-refractivity contribution >= 4 is 5.97 Å². The summed E-state index contributed by atoms with van der Waals surface area (Å²) in [4.78, 5) is 11.4. The third-order valence-electron chi connectivity index (χ3n) is 0.810. The van der Waals surface area contributed by atoms with Crippen molar-refractivity contribution in [1.29, 1.82) is 0 Å². The Bertz CT molecular complexity index is 107. The Morgan fingerprint density at radius 1 is 1.70 bits per heavy atom. The van der Waals surface area contributed by atoms with Crippen LogP contribution in [0.25, 0.3) is 0 Å². The molecule has 0 aromatic heterocycles. The van der Waals surface area contributed by atoms with E-state index in [0.717, 1.165) is 0 Å². The van der Waals surface area contributed by atoms with Crippen molar-refractivity contribution in [3.8, 4) is 0 Å². The molecule has 0 bridgehead atoms. The summed E-state index contributed by atoms with van der Waals surface area (Å²) in [6.45, 7) is 0.0995. The molecular weight excluding hydrogens is 145 g/mol. The third-order valence-corrected chi connectivity index (χ3v) is 0.810. The van der Waals surface area contributed by atoms with Crippen molar-refractivity contribution in [1.82, 2.24) is 4.90 Å². The molecule has 1 N–H and O–H groups in total. The van der Waals surface area contributed by atoms with E-state index in [1.807, 2.05) is 0 Å². The number of likely N-dealkylation sites (N-methyl/N-ethyl adjacent to an activating group) is 1. The Morgan fingerprint density at radius 2 is 2.10 bits per heavy atom. The first kappa shape index (κ1) is 13.0. The van der Waals surface area contributed by atoms with Gasteiger partial charge >= 0.3 is 29.6 Å². The predicted octanol–water partition coefficient (Wildman–Crippen LogP) is -5.34. The van der Waals surface area contributed by atoms with Crippen molar-refractivity contribution in [3.05, 3.63) is 0 Å². The topological polar surface area (TPSA) is 63.6 Å². The number of rotatable bonds is 3. The predicted molar refractivity (Wildman–Crippen MR) is 29.6 cm³/mol. The molecule has 0 aromatic rings. The standard InChI is InChI=1S/C5H11NO3.Na/c1-6(2)3-4(7)5(8)9;/h4,7H,3H2,1-2H3,(H,8,9);/q;+1/p-1. The number of hydrogen-bond donors (Lipinski definition) is 1. The number of aliphatic carboxylic acids is 1. The molecule has 0 aliphatic carbocycles. The van der Waals surface area contributed by atoms with E-state index >= 15 is 0 Å². The summed E-state index contributed by atoms with van der Waals surface area (Å²) in [5.41, 5.74) is 0. The Balaban J connectivity index is 0. The quantitative estimate of drug-likeness (QED) is 0.413. The van der Waals surface area contributed by atoms with E-state index in [2.05, 4.69) is 0 Å². The second kappa shape index (κ2) is 6.12. The van der Waals surface area contributed by atoms with E-state index in [1.165, 1.54) is 0 Å². The number of carbonyl (C=O) groups excluding carboxylic acids is 1. The molecule has 0 aromatic carbocycles. The first-order valence-electron chi connectivity index (χ1n) is 2.57. The maximum Gasteiger partial charge on any atom is 1.00 e. The molecular formula is C5H10NNaO3. The first-order valence-corrected chi connectivity index (χ1v) is 2.57. The van der Waals surface area contributed by atoms with Gasteiger partial charge in [0.25, 0.3) is 0 Å². The number of aliphatic hydroxyl groups excluding tert-OH is 1. The van der Waals surface area contributed by atoms with Gasteiger partial charge in [-0.3, -0.25) is 0 Å². The van der Waals surface area contributed by atoms with Gasteiger partial charge in [-0.1, -0.05) is 0 Å². The Labute approximate surface area is 82.1 Å². The maximum absolute atomic E-state index is 9.85. The van der Waals surface area contributed by atoms with E-state index in [1.54, 1.807) is 19.0 Å². The zero-order chi connectivity index (χ0) is 7.44. The summed E-state index contributed by atoms with van der Waals surface area (Å²) >= 11 is 0. The van der Waals surface area contributed by atoms with Gasteiger partial charge in [0.1, 0.15) is 6.10 Å². The molecule has 0 saturated heterocycles. The second-order valence-corrected chi connectivity index (χ2v) is 2.10. The number of nitrogens with zero attached hydrogens (tertiary/aromatic N) is 1. The van der Waals surface area contributed by atoms with Gasteiger partial charge in [-0.05, 0) is 14.1 Å². The molecule has 0 heterocycles. The fourth-order valence-corrected chi connectivity index (χ4v) is 0.420. The van der Waals surface area contributed by atoms with Crippen molar-refractivity contribution in [2.75, 3.05) is 20.6 Å². The molecule has 0 amide bonds. The monoisotopic (exact) mass is 155 g/mol. The molecule has 0 aliphatic rings. The van der Waals surface area contributed by atoms with Gasteiger partial charge in [0.05, 0.1) is 5.97 Å². The van der Waals surface area contributed by atoms with E-state index in [-0.39, 0.29) is 36.1 Å². The average molecular weight is 155 g/mol. The van der Waals surface area contributed by atoms with Crippen LogP contribution in [0.1, 0.15) is 0 Å². The van der Waals surface area contributed by atoms with Crippen LogP contribution in [0.3, 0.4) is 0 Å². The minimum atomic E-state index is -1.43. The second-order valence-electron chi connectivity index (χ2n) is 2.10. The van der Waals surface area contributed by atoms with Crippen LogP contribution in [0.4, 0.5) is 0 Å². The SMILES string of the molecule is CN(C)CC(O)C(=O)[O-].[Na+]. The zero-order valence-corrected chi connectivity index (χ0v) is 8.50. The van der Waals surface area contributed by atoms with Crippen molar-refractivity contribution in [3.63, 3.8) is 0 Å². The van der Waals surface area contributed by atoms with Crippen LogP contribution in [0.5, 0.6) is 0 Å². The Hall–Kier alpha value is 0.390. The van der Waals surface area contributed by atoms with Crippen LogP contribution in [-0.4, -0.2) is 42.7 Å². The van der Waals surface area contributed by atoms with Crippen LogP contribution in [0, 0.1) is 0 Å². The number of carbonyl (C=O) groups is 1. The minimum absolute atomic E-state index is 0. The number of carboxylic acid groups (broad SMARTS) is 1. The summed E-state index contributed by atoms with van der Waals surface area (Å²) in [6.07, 6.45) is -1.38. The summed E-state index contributed by atoms with van der Waals surface area (Å²) in [5.74, 6) is -1.43.